The first-order valence-electron chi connectivity index (χ1n) is 8.22. The molecule has 0 saturated carbocycles. The van der Waals surface area contributed by atoms with Crippen LogP contribution in [0, 0.1) is 0 Å². The number of halogens is 2. The number of benzene rings is 1. The first-order valence-corrected chi connectivity index (χ1v) is 9.86. The van der Waals surface area contributed by atoms with Crippen LogP contribution in [0.15, 0.2) is 34.4 Å². The van der Waals surface area contributed by atoms with Gasteiger partial charge in [0.1, 0.15) is 16.3 Å². The zero-order chi connectivity index (χ0) is 19.4. The van der Waals surface area contributed by atoms with Crippen molar-refractivity contribution in [1.29, 1.82) is 0 Å². The molecule has 0 bridgehead atoms. The van der Waals surface area contributed by atoms with Gasteiger partial charge < -0.3 is 14.6 Å². The van der Waals surface area contributed by atoms with Gasteiger partial charge in [0.05, 0.1) is 23.7 Å². The molecule has 9 heteroatoms. The van der Waals surface area contributed by atoms with E-state index in [-0.39, 0.29) is 18.0 Å². The van der Waals surface area contributed by atoms with Gasteiger partial charge in [-0.1, -0.05) is 23.2 Å². The van der Waals surface area contributed by atoms with E-state index in [9.17, 15) is 9.59 Å². The Morgan fingerprint density at radius 1 is 1.33 bits per heavy atom. The predicted octanol–water partition coefficient (Wildman–Crippen LogP) is 4.11. The molecule has 3 rings (SSSR count). The lowest BCUT2D eigenvalue weighted by molar-refractivity contribution is -0.130. The number of hydrogen-bond acceptors (Lipinski definition) is 5. The van der Waals surface area contributed by atoms with Gasteiger partial charge in [-0.05, 0) is 36.1 Å². The topological polar surface area (TPSA) is 75.3 Å². The third-order valence-electron chi connectivity index (χ3n) is 3.86. The number of ether oxygens (including phenoxy) is 1. The van der Waals surface area contributed by atoms with Gasteiger partial charge in [0.15, 0.2) is 0 Å². The highest BCUT2D eigenvalue weighted by Crippen LogP contribution is 2.27. The minimum Gasteiger partial charge on any atom is -0.492 e. The lowest BCUT2D eigenvalue weighted by Crippen LogP contribution is -2.28. The van der Waals surface area contributed by atoms with Gasteiger partial charge >= 0.3 is 0 Å². The number of aromatic nitrogens is 2. The summed E-state index contributed by atoms with van der Waals surface area (Å²) in [7, 11) is 1.68. The second kappa shape index (κ2) is 8.73. The third-order valence-corrected chi connectivity index (χ3v) is 5.30. The van der Waals surface area contributed by atoms with Crippen molar-refractivity contribution in [3.05, 3.63) is 55.9 Å². The van der Waals surface area contributed by atoms with Gasteiger partial charge in [-0.3, -0.25) is 9.59 Å². The Labute approximate surface area is 169 Å². The Hall–Kier alpha value is -2.09. The van der Waals surface area contributed by atoms with E-state index in [2.05, 4.69) is 9.97 Å². The lowest BCUT2D eigenvalue weighted by atomic mass is 10.3. The quantitative estimate of drug-likeness (QED) is 0.577. The molecule has 1 aromatic carbocycles. The van der Waals surface area contributed by atoms with Crippen LogP contribution in [0.5, 0.6) is 5.75 Å². The number of rotatable bonds is 7. The maximum atomic E-state index is 12.3. The summed E-state index contributed by atoms with van der Waals surface area (Å²) in [5.74, 6) is 0.938. The number of carbonyl (C=O) groups is 1. The number of nitrogens with one attached hydrogen (secondary N) is 1. The fourth-order valence-electron chi connectivity index (χ4n) is 2.50. The first kappa shape index (κ1) is 19.7. The number of nitrogens with zero attached hydrogens (tertiary/aromatic N) is 2. The minimum atomic E-state index is -0.181. The number of amides is 1. The van der Waals surface area contributed by atoms with E-state index in [1.54, 1.807) is 31.3 Å². The molecule has 2 aromatic heterocycles. The molecule has 0 atom stereocenters. The zero-order valence-electron chi connectivity index (χ0n) is 14.5. The van der Waals surface area contributed by atoms with Gasteiger partial charge in [0.2, 0.25) is 5.91 Å². The van der Waals surface area contributed by atoms with Crippen LogP contribution in [0.1, 0.15) is 18.7 Å². The molecule has 142 valence electrons. The van der Waals surface area contributed by atoms with E-state index in [4.69, 9.17) is 27.9 Å². The van der Waals surface area contributed by atoms with E-state index < -0.39 is 0 Å². The van der Waals surface area contributed by atoms with Crippen LogP contribution in [0.2, 0.25) is 10.0 Å². The van der Waals surface area contributed by atoms with Crippen LogP contribution in [0.25, 0.3) is 10.2 Å². The minimum absolute atomic E-state index is 0.0612. The largest absolute Gasteiger partial charge is 0.492 e. The summed E-state index contributed by atoms with van der Waals surface area (Å²) in [5, 5.41) is 2.79. The Morgan fingerprint density at radius 2 is 2.15 bits per heavy atom. The fraction of sp³-hybridized carbons (Fsp3) is 0.278. The molecule has 0 aliphatic heterocycles. The molecule has 0 saturated heterocycles. The third kappa shape index (κ3) is 5.00. The summed E-state index contributed by atoms with van der Waals surface area (Å²) in [6.07, 6.45) is 0.849. The van der Waals surface area contributed by atoms with E-state index in [1.807, 2.05) is 5.38 Å². The van der Waals surface area contributed by atoms with Crippen molar-refractivity contribution in [2.24, 2.45) is 0 Å². The first-order chi connectivity index (χ1) is 12.9. The van der Waals surface area contributed by atoms with Gasteiger partial charge in [0.25, 0.3) is 5.56 Å². The molecule has 0 spiro atoms. The monoisotopic (exact) mass is 425 g/mol. The van der Waals surface area contributed by atoms with E-state index in [1.165, 1.54) is 16.2 Å². The van der Waals surface area contributed by atoms with Crippen LogP contribution in [0.3, 0.4) is 0 Å². The normalized spacial score (nSPS) is 10.9. The molecule has 2 heterocycles. The average molecular weight is 426 g/mol. The van der Waals surface area contributed by atoms with Crippen LogP contribution in [-0.2, 0) is 11.3 Å². The molecule has 0 aliphatic rings. The second-order valence-corrected chi connectivity index (χ2v) is 7.68. The summed E-state index contributed by atoms with van der Waals surface area (Å²) >= 11 is 13.2. The van der Waals surface area contributed by atoms with Crippen molar-refractivity contribution in [2.45, 2.75) is 19.4 Å². The van der Waals surface area contributed by atoms with Gasteiger partial charge in [-0.2, -0.15) is 0 Å². The molecule has 0 aliphatic carbocycles. The summed E-state index contributed by atoms with van der Waals surface area (Å²) in [5.41, 5.74) is 0.465. The number of aromatic amines is 1. The maximum absolute atomic E-state index is 12.3. The molecule has 6 nitrogen and oxygen atoms in total. The lowest BCUT2D eigenvalue weighted by Gasteiger charge is -2.16. The highest BCUT2D eigenvalue weighted by molar-refractivity contribution is 7.17. The average Bonchev–Trinajstić information content (AvgIpc) is 3.09. The molecule has 1 amide bonds. The molecule has 1 N–H and O–H groups in total. The summed E-state index contributed by atoms with van der Waals surface area (Å²) in [6, 6.07) is 6.79. The van der Waals surface area contributed by atoms with Gasteiger partial charge in [0, 0.05) is 18.5 Å². The second-order valence-electron chi connectivity index (χ2n) is 5.92. The Bertz CT molecular complexity index is 1020. The van der Waals surface area contributed by atoms with Crippen molar-refractivity contribution < 1.29 is 9.53 Å². The molecule has 3 aromatic rings. The number of fused-ring (bicyclic) bond motifs is 1. The Kier molecular flexibility index (Phi) is 6.36. The Morgan fingerprint density at radius 3 is 2.93 bits per heavy atom. The highest BCUT2D eigenvalue weighted by Gasteiger charge is 2.12. The Balaban J connectivity index is 1.49. The maximum Gasteiger partial charge on any atom is 0.268 e. The van der Waals surface area contributed by atoms with Crippen molar-refractivity contribution in [1.82, 2.24) is 14.9 Å². The van der Waals surface area contributed by atoms with Crippen molar-refractivity contribution in [3.63, 3.8) is 0 Å². The van der Waals surface area contributed by atoms with Crippen molar-refractivity contribution in [3.8, 4) is 5.75 Å². The summed E-state index contributed by atoms with van der Waals surface area (Å²) in [4.78, 5) is 32.9. The van der Waals surface area contributed by atoms with Crippen molar-refractivity contribution in [2.75, 3.05) is 13.7 Å². The molecule has 0 fully saturated rings. The standard InChI is InChI=1S/C18H17Cl2N3O3S/c1-23(10-15-21-13-6-8-27-17(13)18(25)22-15)16(24)3-2-7-26-14-5-4-11(19)9-12(14)20/h4-6,8-9H,2-3,7,10H2,1H3,(H,21,22,25). The van der Waals surface area contributed by atoms with E-state index >= 15 is 0 Å². The predicted molar refractivity (Wildman–Crippen MR) is 108 cm³/mol. The summed E-state index contributed by atoms with van der Waals surface area (Å²) in [6.45, 7) is 0.598. The number of hydrogen-bond donors (Lipinski definition) is 1. The highest BCUT2D eigenvalue weighted by atomic mass is 35.5. The molecular weight excluding hydrogens is 409 g/mol. The number of thiophene rings is 1. The van der Waals surface area contributed by atoms with Crippen LogP contribution >= 0.6 is 34.5 Å². The van der Waals surface area contributed by atoms with Crippen LogP contribution < -0.4 is 10.3 Å². The fourth-order valence-corrected chi connectivity index (χ4v) is 3.69. The number of carbonyl (C=O) groups excluding carboxylic acids is 1. The number of H-pyrrole nitrogens is 1. The summed E-state index contributed by atoms with van der Waals surface area (Å²) < 4.78 is 6.16. The molecule has 0 unspecified atom stereocenters. The van der Waals surface area contributed by atoms with Gasteiger partial charge in [-0.25, -0.2) is 4.98 Å². The molecular formula is C18H17Cl2N3O3S. The van der Waals surface area contributed by atoms with Crippen LogP contribution in [-0.4, -0.2) is 34.4 Å². The molecule has 27 heavy (non-hydrogen) atoms. The van der Waals surface area contributed by atoms with Gasteiger partial charge in [-0.15, -0.1) is 11.3 Å². The van der Waals surface area contributed by atoms with Crippen LogP contribution in [0.4, 0.5) is 0 Å². The van der Waals surface area contributed by atoms with E-state index in [0.717, 1.165) is 0 Å². The zero-order valence-corrected chi connectivity index (χ0v) is 16.8. The molecule has 0 radical (unpaired) electrons. The van der Waals surface area contributed by atoms with E-state index in [0.29, 0.717) is 51.3 Å². The smallest absolute Gasteiger partial charge is 0.268 e. The van der Waals surface area contributed by atoms with Crippen molar-refractivity contribution >= 4 is 50.7 Å². The SMILES string of the molecule is CN(Cc1nc2ccsc2c(=O)[nH]1)C(=O)CCCOc1ccc(Cl)cc1Cl.